The number of methoxy groups -OCH3 is 2. The molecule has 4 atom stereocenters. The number of esters is 1. The van der Waals surface area contributed by atoms with Gasteiger partial charge in [0.25, 0.3) is 5.56 Å². The third kappa shape index (κ3) is 2.49. The average molecular weight is 485 g/mol. The zero-order valence-electron chi connectivity index (χ0n) is 20.3. The second kappa shape index (κ2) is 7.08. The minimum atomic E-state index is -1.06. The van der Waals surface area contributed by atoms with Crippen molar-refractivity contribution in [2.45, 2.75) is 48.3 Å². The summed E-state index contributed by atoms with van der Waals surface area (Å²) in [5, 5.41) is 12.7. The van der Waals surface area contributed by atoms with Crippen LogP contribution >= 0.6 is 0 Å². The summed E-state index contributed by atoms with van der Waals surface area (Å²) >= 11 is 0. The summed E-state index contributed by atoms with van der Waals surface area (Å²) < 4.78 is 10.4. The molecule has 2 fully saturated rings. The van der Waals surface area contributed by atoms with Crippen molar-refractivity contribution in [1.82, 2.24) is 9.88 Å². The van der Waals surface area contributed by atoms with Gasteiger partial charge in [0, 0.05) is 42.5 Å². The third-order valence-corrected chi connectivity index (χ3v) is 9.34. The Bertz CT molecular complexity index is 1480. The molecule has 2 heterocycles. The van der Waals surface area contributed by atoms with E-state index in [1.165, 1.54) is 18.2 Å². The number of nitrogens with one attached hydrogen (secondary N) is 1. The summed E-state index contributed by atoms with van der Waals surface area (Å²) in [5.41, 5.74) is 3.00. The fourth-order valence-electron chi connectivity index (χ4n) is 8.10. The Morgan fingerprint density at radius 2 is 1.92 bits per heavy atom. The van der Waals surface area contributed by atoms with E-state index in [0.717, 1.165) is 42.1 Å². The molecule has 7 rings (SSSR count). The number of nitrogens with zero attached hydrogens (tertiary/aromatic N) is 1. The van der Waals surface area contributed by atoms with Gasteiger partial charge in [-0.15, -0.1) is 0 Å². The fourth-order valence-corrected chi connectivity index (χ4v) is 8.10. The lowest BCUT2D eigenvalue weighted by atomic mass is 9.55. The Hall–Kier alpha value is -3.42. The number of H-pyrrole nitrogens is 1. The normalized spacial score (nSPS) is 31.0. The van der Waals surface area contributed by atoms with Gasteiger partial charge in [0.15, 0.2) is 0 Å². The van der Waals surface area contributed by atoms with E-state index in [9.17, 15) is 14.7 Å². The van der Waals surface area contributed by atoms with Crippen molar-refractivity contribution in [3.63, 3.8) is 0 Å². The van der Waals surface area contributed by atoms with Gasteiger partial charge in [-0.05, 0) is 46.9 Å². The van der Waals surface area contributed by atoms with Crippen LogP contribution in [0.2, 0.25) is 0 Å². The molecule has 1 saturated carbocycles. The molecular weight excluding hydrogens is 456 g/mol. The Morgan fingerprint density at radius 1 is 1.11 bits per heavy atom. The van der Waals surface area contributed by atoms with Gasteiger partial charge in [-0.25, -0.2) is 4.79 Å². The first kappa shape index (κ1) is 21.8. The van der Waals surface area contributed by atoms with Gasteiger partial charge in [0.1, 0.15) is 11.3 Å². The van der Waals surface area contributed by atoms with Crippen molar-refractivity contribution in [3.8, 4) is 5.75 Å². The van der Waals surface area contributed by atoms with Gasteiger partial charge in [0.2, 0.25) is 0 Å². The molecule has 4 unspecified atom stereocenters. The van der Waals surface area contributed by atoms with E-state index in [1.54, 1.807) is 13.2 Å². The monoisotopic (exact) mass is 484 g/mol. The molecule has 36 heavy (non-hydrogen) atoms. The fraction of sp³-hybridized carbons (Fsp3) is 0.379. The Kier molecular flexibility index (Phi) is 4.29. The van der Waals surface area contributed by atoms with Gasteiger partial charge in [-0.3, -0.25) is 9.69 Å². The first-order chi connectivity index (χ1) is 17.3. The highest BCUT2D eigenvalue weighted by molar-refractivity contribution is 5.89. The summed E-state index contributed by atoms with van der Waals surface area (Å²) in [5.74, 6) is 0.104. The molecule has 1 aliphatic heterocycles. The molecule has 1 saturated heterocycles. The zero-order chi connectivity index (χ0) is 24.9. The number of fused-ring (bicyclic) bond motifs is 3. The van der Waals surface area contributed by atoms with Crippen LogP contribution in [0, 0.1) is 0 Å². The number of carbonyl (C=O) groups excluding carboxylic acids is 1. The van der Waals surface area contributed by atoms with Crippen molar-refractivity contribution < 1.29 is 19.4 Å². The lowest BCUT2D eigenvalue weighted by Gasteiger charge is -2.62. The molecule has 2 N–H and O–H groups in total. The maximum Gasteiger partial charge on any atom is 0.343 e. The molecule has 0 radical (unpaired) electrons. The number of hydrogen-bond acceptors (Lipinski definition) is 6. The Balaban J connectivity index is 1.40. The molecule has 3 aromatic rings. The predicted octanol–water partition coefficient (Wildman–Crippen LogP) is 2.48. The molecule has 1 aromatic heterocycles. The summed E-state index contributed by atoms with van der Waals surface area (Å²) in [6.45, 7) is 1.64. The van der Waals surface area contributed by atoms with Crippen molar-refractivity contribution in [2.75, 3.05) is 20.8 Å². The summed E-state index contributed by atoms with van der Waals surface area (Å²) in [6, 6.07) is 18.2. The summed E-state index contributed by atoms with van der Waals surface area (Å²) in [6.07, 6.45) is 1.69. The van der Waals surface area contributed by atoms with Gasteiger partial charge in [-0.1, -0.05) is 36.4 Å². The number of hydrogen-bond donors (Lipinski definition) is 2. The topological polar surface area (TPSA) is 91.9 Å². The van der Waals surface area contributed by atoms with Crippen LogP contribution < -0.4 is 10.3 Å². The van der Waals surface area contributed by atoms with Crippen LogP contribution in [0.15, 0.2) is 59.4 Å². The number of likely N-dealkylation sites (tertiary alicyclic amines) is 1. The standard InChI is InChI=1S/C29H28N2O5/c1-35-19-8-9-21-22(11-19)28-13-23-18(10-20(24(32)30-23)25(33)36-2)12-29(28,34)26-27(21,15-28)16-31(26)14-17-6-4-3-5-7-17/h3-11,26,34H,12-16H2,1-2H3,(H,30,32). The molecule has 4 aliphatic rings. The van der Waals surface area contributed by atoms with E-state index in [1.807, 2.05) is 24.3 Å². The molecule has 7 nitrogen and oxygen atoms in total. The quantitative estimate of drug-likeness (QED) is 0.553. The van der Waals surface area contributed by atoms with Crippen LogP contribution in [0.3, 0.4) is 0 Å². The van der Waals surface area contributed by atoms with Crippen molar-refractivity contribution in [3.05, 3.63) is 98.5 Å². The molecule has 2 bridgehead atoms. The molecular formula is C29H28N2O5. The van der Waals surface area contributed by atoms with Crippen LogP contribution in [0.4, 0.5) is 0 Å². The second-order valence-corrected chi connectivity index (χ2v) is 10.9. The minimum absolute atomic E-state index is 0.0227. The number of benzene rings is 2. The van der Waals surface area contributed by atoms with Crippen LogP contribution in [0.5, 0.6) is 5.75 Å². The maximum atomic E-state index is 12.8. The number of carbonyl (C=O) groups is 1. The van der Waals surface area contributed by atoms with Crippen LogP contribution in [-0.2, 0) is 35.0 Å². The summed E-state index contributed by atoms with van der Waals surface area (Å²) in [4.78, 5) is 30.4. The summed E-state index contributed by atoms with van der Waals surface area (Å²) in [7, 11) is 2.93. The number of aromatic nitrogens is 1. The van der Waals surface area contributed by atoms with E-state index in [-0.39, 0.29) is 17.0 Å². The third-order valence-electron chi connectivity index (χ3n) is 9.34. The predicted molar refractivity (Wildman–Crippen MR) is 132 cm³/mol. The zero-order valence-corrected chi connectivity index (χ0v) is 20.3. The van der Waals surface area contributed by atoms with E-state index in [0.29, 0.717) is 12.8 Å². The highest BCUT2D eigenvalue weighted by Gasteiger charge is 2.80. The number of ether oxygens (including phenoxy) is 2. The lowest BCUT2D eigenvalue weighted by molar-refractivity contribution is -0.139. The molecule has 2 spiro atoms. The molecule has 2 aromatic carbocycles. The number of aliphatic hydroxyl groups is 1. The van der Waals surface area contributed by atoms with E-state index < -0.39 is 22.5 Å². The highest BCUT2D eigenvalue weighted by Crippen LogP contribution is 2.73. The highest BCUT2D eigenvalue weighted by atomic mass is 16.5. The Morgan fingerprint density at radius 3 is 2.67 bits per heavy atom. The number of pyridine rings is 1. The van der Waals surface area contributed by atoms with E-state index >= 15 is 0 Å². The molecule has 184 valence electrons. The molecule has 3 aliphatic carbocycles. The minimum Gasteiger partial charge on any atom is -0.497 e. The number of aromatic amines is 1. The van der Waals surface area contributed by atoms with Crippen LogP contribution in [0.25, 0.3) is 0 Å². The second-order valence-electron chi connectivity index (χ2n) is 10.9. The lowest BCUT2D eigenvalue weighted by Crippen LogP contribution is -2.75. The SMILES string of the molecule is COC(=O)c1cc2c([nH]c1=O)CC13CC4(CN(Cc5ccccc5)C4C1(O)C2)c1ccc(OC)cc13. The average Bonchev–Trinajstić information content (AvgIpc) is 3.25. The van der Waals surface area contributed by atoms with Crippen molar-refractivity contribution in [2.24, 2.45) is 0 Å². The Labute approximate surface area is 208 Å². The van der Waals surface area contributed by atoms with Gasteiger partial charge in [-0.2, -0.15) is 0 Å². The first-order valence-corrected chi connectivity index (χ1v) is 12.4. The largest absolute Gasteiger partial charge is 0.497 e. The van der Waals surface area contributed by atoms with E-state index in [2.05, 4.69) is 34.1 Å². The first-order valence-electron chi connectivity index (χ1n) is 12.4. The molecule has 0 amide bonds. The van der Waals surface area contributed by atoms with Crippen LogP contribution in [-0.4, -0.2) is 53.4 Å². The van der Waals surface area contributed by atoms with Gasteiger partial charge >= 0.3 is 5.97 Å². The number of rotatable bonds is 4. The van der Waals surface area contributed by atoms with Crippen molar-refractivity contribution in [1.29, 1.82) is 0 Å². The van der Waals surface area contributed by atoms with E-state index in [4.69, 9.17) is 9.47 Å². The maximum absolute atomic E-state index is 12.8. The van der Waals surface area contributed by atoms with Gasteiger partial charge in [0.05, 0.1) is 25.9 Å². The molecule has 7 heteroatoms. The smallest absolute Gasteiger partial charge is 0.343 e. The van der Waals surface area contributed by atoms with Crippen molar-refractivity contribution >= 4 is 5.97 Å². The van der Waals surface area contributed by atoms with Crippen LogP contribution in [0.1, 0.15) is 44.7 Å². The van der Waals surface area contributed by atoms with Gasteiger partial charge < -0.3 is 19.6 Å².